The normalized spacial score (nSPS) is 26.3. The quantitative estimate of drug-likeness (QED) is 0.419. The molecule has 4 unspecified atom stereocenters. The summed E-state index contributed by atoms with van der Waals surface area (Å²) in [6.45, 7) is 6.50. The van der Waals surface area contributed by atoms with Crippen molar-refractivity contribution in [2.75, 3.05) is 18.4 Å². The van der Waals surface area contributed by atoms with Gasteiger partial charge in [0.1, 0.15) is 5.82 Å². The van der Waals surface area contributed by atoms with Gasteiger partial charge in [0.15, 0.2) is 0 Å². The molecule has 170 valence electrons. The second kappa shape index (κ2) is 6.94. The van der Waals surface area contributed by atoms with E-state index in [-0.39, 0.29) is 5.56 Å². The average Bonchev–Trinajstić information content (AvgIpc) is 3.66. The maximum atomic E-state index is 13.3. The third-order valence-corrected chi connectivity index (χ3v) is 8.42. The van der Waals surface area contributed by atoms with E-state index in [1.54, 1.807) is 10.6 Å². The molecule has 5 nitrogen and oxygen atoms in total. The third-order valence-electron chi connectivity index (χ3n) is 8.12. The second-order valence-corrected chi connectivity index (χ2v) is 10.4. The van der Waals surface area contributed by atoms with Crippen LogP contribution in [-0.2, 0) is 0 Å². The van der Waals surface area contributed by atoms with Crippen molar-refractivity contribution in [3.63, 3.8) is 0 Å². The molecule has 1 spiro atoms. The monoisotopic (exact) mass is 468 g/mol. The molecule has 2 aromatic heterocycles. The molecule has 7 rings (SSSR count). The number of benzene rings is 2. The lowest BCUT2D eigenvalue weighted by atomic mass is 10.0. The van der Waals surface area contributed by atoms with Crippen molar-refractivity contribution in [1.29, 1.82) is 0 Å². The first-order valence-electron chi connectivity index (χ1n) is 11.9. The lowest BCUT2D eigenvalue weighted by Gasteiger charge is -2.18. The summed E-state index contributed by atoms with van der Waals surface area (Å²) in [6.07, 6.45) is 1.25. The number of para-hydroxylation sites is 1. The van der Waals surface area contributed by atoms with Crippen molar-refractivity contribution in [2.45, 2.75) is 31.8 Å². The second-order valence-electron chi connectivity index (χ2n) is 9.95. The van der Waals surface area contributed by atoms with Crippen molar-refractivity contribution in [3.8, 4) is 16.9 Å². The van der Waals surface area contributed by atoms with Crippen LogP contribution in [0.1, 0.15) is 17.5 Å². The van der Waals surface area contributed by atoms with Crippen molar-refractivity contribution in [3.05, 3.63) is 87.2 Å². The van der Waals surface area contributed by atoms with Gasteiger partial charge < -0.3 is 5.32 Å². The van der Waals surface area contributed by atoms with E-state index >= 15 is 0 Å². The van der Waals surface area contributed by atoms with Gasteiger partial charge in [0.25, 0.3) is 5.56 Å². The number of nitrogens with one attached hydrogen (secondary N) is 1. The van der Waals surface area contributed by atoms with E-state index in [1.807, 2.05) is 49.4 Å². The molecule has 2 saturated heterocycles. The van der Waals surface area contributed by atoms with Crippen LogP contribution < -0.4 is 10.9 Å². The lowest BCUT2D eigenvalue weighted by molar-refractivity contribution is 0.531. The number of pyridine rings is 2. The summed E-state index contributed by atoms with van der Waals surface area (Å²) in [5.41, 5.74) is 5.84. The minimum absolute atomic E-state index is 0.105. The number of nitrogens with zero attached hydrogens (tertiary/aromatic N) is 3. The highest BCUT2D eigenvalue weighted by molar-refractivity contribution is 6.32. The van der Waals surface area contributed by atoms with E-state index in [9.17, 15) is 4.79 Å². The average molecular weight is 469 g/mol. The zero-order valence-electron chi connectivity index (χ0n) is 19.2. The minimum atomic E-state index is -0.105. The lowest BCUT2D eigenvalue weighted by Crippen LogP contribution is -2.20. The van der Waals surface area contributed by atoms with E-state index in [0.717, 1.165) is 44.8 Å². The fraction of sp³-hybridized carbons (Fsp3) is 0.286. The fourth-order valence-corrected chi connectivity index (χ4v) is 6.60. The van der Waals surface area contributed by atoms with E-state index in [1.165, 1.54) is 19.5 Å². The molecule has 0 bridgehead atoms. The molecule has 4 atom stereocenters. The summed E-state index contributed by atoms with van der Waals surface area (Å²) < 4.78 is 1.75. The highest BCUT2D eigenvalue weighted by Crippen LogP contribution is 2.66. The van der Waals surface area contributed by atoms with Gasteiger partial charge in [-0.05, 0) is 50.1 Å². The Labute approximate surface area is 203 Å². The van der Waals surface area contributed by atoms with Gasteiger partial charge in [0, 0.05) is 35.5 Å². The van der Waals surface area contributed by atoms with E-state index in [0.29, 0.717) is 22.5 Å². The number of hydrogen-bond acceptors (Lipinski definition) is 4. The maximum Gasteiger partial charge on any atom is 0.255 e. The Morgan fingerprint density at radius 1 is 1.06 bits per heavy atom. The SMILES string of the molecule is Cc1ccccc1-c1nc(NC2C3CCN4CC324)cc2c1ccc(=O)n2-c1c(C)cccc1Cl. The Balaban J connectivity index is 1.48. The van der Waals surface area contributed by atoms with Crippen molar-refractivity contribution >= 4 is 28.3 Å². The molecule has 2 aromatic carbocycles. The molecular weight excluding hydrogens is 444 g/mol. The maximum absolute atomic E-state index is 13.3. The molecule has 3 fully saturated rings. The Hall–Kier alpha value is -3.15. The van der Waals surface area contributed by atoms with Gasteiger partial charge in [0.05, 0.1) is 33.5 Å². The van der Waals surface area contributed by atoms with E-state index in [2.05, 4.69) is 29.3 Å². The minimum Gasteiger partial charge on any atom is -0.365 e. The topological polar surface area (TPSA) is 49.9 Å². The molecule has 0 amide bonds. The van der Waals surface area contributed by atoms with Crippen LogP contribution in [0.15, 0.2) is 65.5 Å². The summed E-state index contributed by atoms with van der Waals surface area (Å²) in [7, 11) is 0. The number of halogens is 1. The Kier molecular flexibility index (Phi) is 4.13. The van der Waals surface area contributed by atoms with Gasteiger partial charge in [0.2, 0.25) is 0 Å². The molecule has 2 aliphatic heterocycles. The molecule has 4 aromatic rings. The smallest absolute Gasteiger partial charge is 0.255 e. The van der Waals surface area contributed by atoms with Gasteiger partial charge in [-0.1, -0.05) is 48.0 Å². The van der Waals surface area contributed by atoms with Crippen LogP contribution in [0, 0.1) is 19.8 Å². The molecule has 1 aliphatic carbocycles. The van der Waals surface area contributed by atoms with Crippen molar-refractivity contribution < 1.29 is 0 Å². The largest absolute Gasteiger partial charge is 0.365 e. The zero-order valence-corrected chi connectivity index (χ0v) is 19.9. The number of aryl methyl sites for hydroxylation is 2. The van der Waals surface area contributed by atoms with Crippen LogP contribution in [0.4, 0.5) is 5.82 Å². The Morgan fingerprint density at radius 3 is 2.62 bits per heavy atom. The van der Waals surface area contributed by atoms with Crippen molar-refractivity contribution in [1.82, 2.24) is 14.5 Å². The molecule has 6 heteroatoms. The fourth-order valence-electron chi connectivity index (χ4n) is 6.30. The summed E-state index contributed by atoms with van der Waals surface area (Å²) >= 11 is 6.64. The summed E-state index contributed by atoms with van der Waals surface area (Å²) in [6, 6.07) is 20.0. The molecular formula is C28H25ClN4O. The third kappa shape index (κ3) is 2.71. The Morgan fingerprint density at radius 2 is 1.88 bits per heavy atom. The summed E-state index contributed by atoms with van der Waals surface area (Å²) in [4.78, 5) is 21.0. The van der Waals surface area contributed by atoms with Crippen LogP contribution in [0.25, 0.3) is 27.8 Å². The van der Waals surface area contributed by atoms with Crippen LogP contribution >= 0.6 is 11.6 Å². The van der Waals surface area contributed by atoms with Crippen LogP contribution in [0.2, 0.25) is 5.02 Å². The number of anilines is 1. The Bertz CT molecular complexity index is 1540. The van der Waals surface area contributed by atoms with Gasteiger partial charge in [-0.15, -0.1) is 0 Å². The molecule has 1 N–H and O–H groups in total. The van der Waals surface area contributed by atoms with E-state index < -0.39 is 0 Å². The highest BCUT2D eigenvalue weighted by Gasteiger charge is 2.80. The summed E-state index contributed by atoms with van der Waals surface area (Å²) in [5, 5.41) is 5.24. The first kappa shape index (κ1) is 20.2. The number of hydrogen-bond donors (Lipinski definition) is 1. The van der Waals surface area contributed by atoms with Gasteiger partial charge in [-0.2, -0.15) is 0 Å². The first-order chi connectivity index (χ1) is 16.5. The van der Waals surface area contributed by atoms with Crippen molar-refractivity contribution in [2.24, 2.45) is 5.92 Å². The van der Waals surface area contributed by atoms with Crippen LogP contribution in [0.3, 0.4) is 0 Å². The highest BCUT2D eigenvalue weighted by atomic mass is 35.5. The molecule has 0 radical (unpaired) electrons. The van der Waals surface area contributed by atoms with Gasteiger partial charge in [-0.3, -0.25) is 14.3 Å². The first-order valence-corrected chi connectivity index (χ1v) is 12.3. The molecule has 3 aliphatic rings. The van der Waals surface area contributed by atoms with Gasteiger partial charge in [-0.25, -0.2) is 4.98 Å². The zero-order chi connectivity index (χ0) is 23.2. The molecule has 1 saturated carbocycles. The molecule has 34 heavy (non-hydrogen) atoms. The van der Waals surface area contributed by atoms with Gasteiger partial charge >= 0.3 is 0 Å². The number of piperidine rings is 2. The predicted octanol–water partition coefficient (Wildman–Crippen LogP) is 5.19. The number of rotatable bonds is 4. The summed E-state index contributed by atoms with van der Waals surface area (Å²) in [5.74, 6) is 1.52. The van der Waals surface area contributed by atoms with Crippen LogP contribution in [-0.4, -0.2) is 39.1 Å². The standard InChI is InChI=1S/C28H25ClN4O/c1-16-6-3-4-8-18(16)25-19-10-11-24(34)33(26-17(2)7-5-9-21(26)29)22(19)14-23(30-25)31-27-20-12-13-32-15-28(20,27)32/h3-11,14,20,27H,12-13,15H2,1-2H3,(H,30,31). The number of fused-ring (bicyclic) bond motifs is 1. The predicted molar refractivity (Wildman–Crippen MR) is 137 cm³/mol. The number of aromatic nitrogens is 2. The van der Waals surface area contributed by atoms with E-state index in [4.69, 9.17) is 16.6 Å². The molecule has 4 heterocycles. The van der Waals surface area contributed by atoms with Crippen LogP contribution in [0.5, 0.6) is 0 Å².